The van der Waals surface area contributed by atoms with E-state index in [1.165, 1.54) is 18.4 Å². The van der Waals surface area contributed by atoms with Gasteiger partial charge >= 0.3 is 0 Å². The van der Waals surface area contributed by atoms with Gasteiger partial charge < -0.3 is 5.32 Å². The third-order valence-electron chi connectivity index (χ3n) is 2.36. The first-order chi connectivity index (χ1) is 4.70. The van der Waals surface area contributed by atoms with Gasteiger partial charge in [-0.05, 0) is 32.6 Å². The van der Waals surface area contributed by atoms with Crippen molar-refractivity contribution in [3.8, 4) is 0 Å². The van der Waals surface area contributed by atoms with Gasteiger partial charge in [0.1, 0.15) is 0 Å². The van der Waals surface area contributed by atoms with E-state index < -0.39 is 0 Å². The van der Waals surface area contributed by atoms with E-state index >= 15 is 0 Å². The van der Waals surface area contributed by atoms with Crippen LogP contribution in [0.25, 0.3) is 0 Å². The van der Waals surface area contributed by atoms with Crippen LogP contribution >= 0.6 is 0 Å². The Hall–Kier alpha value is -0.300. The maximum absolute atomic E-state index is 3.96. The van der Waals surface area contributed by atoms with Crippen LogP contribution < -0.4 is 5.32 Å². The Labute approximate surface area is 63.5 Å². The number of rotatable bonds is 1. The van der Waals surface area contributed by atoms with Crippen LogP contribution in [0, 0.1) is 5.92 Å². The van der Waals surface area contributed by atoms with Crippen LogP contribution in [0.4, 0.5) is 0 Å². The summed E-state index contributed by atoms with van der Waals surface area (Å²) in [4.78, 5) is 0. The molecule has 0 bridgehead atoms. The molecule has 0 amide bonds. The van der Waals surface area contributed by atoms with Crippen molar-refractivity contribution in [3.05, 3.63) is 12.2 Å². The van der Waals surface area contributed by atoms with Gasteiger partial charge in [-0.25, -0.2) is 0 Å². The third-order valence-corrected chi connectivity index (χ3v) is 2.36. The highest BCUT2D eigenvalue weighted by Crippen LogP contribution is 2.19. The number of piperidine rings is 1. The fourth-order valence-electron chi connectivity index (χ4n) is 1.42. The molecule has 1 nitrogen and oxygen atoms in total. The summed E-state index contributed by atoms with van der Waals surface area (Å²) >= 11 is 0. The second-order valence-corrected chi connectivity index (χ2v) is 3.43. The molecule has 0 spiro atoms. The Balaban J connectivity index is 2.33. The van der Waals surface area contributed by atoms with E-state index in [0.29, 0.717) is 0 Å². The number of hydrogen-bond donors (Lipinski definition) is 1. The number of nitrogens with one attached hydrogen (secondary N) is 1. The van der Waals surface area contributed by atoms with Crippen molar-refractivity contribution >= 4 is 0 Å². The Bertz CT molecular complexity index is 121. The van der Waals surface area contributed by atoms with E-state index in [4.69, 9.17) is 0 Å². The molecule has 0 aliphatic carbocycles. The smallest absolute Gasteiger partial charge is 0.00391 e. The molecule has 1 saturated heterocycles. The fraction of sp³-hybridized carbons (Fsp3) is 0.778. The lowest BCUT2D eigenvalue weighted by Crippen LogP contribution is -2.37. The lowest BCUT2D eigenvalue weighted by atomic mass is 9.91. The van der Waals surface area contributed by atoms with E-state index in [0.717, 1.165) is 18.5 Å². The summed E-state index contributed by atoms with van der Waals surface area (Å²) in [6.07, 6.45) is 2.63. The van der Waals surface area contributed by atoms with Gasteiger partial charge in [0, 0.05) is 12.6 Å². The first-order valence-electron chi connectivity index (χ1n) is 4.09. The molecular formula is C9H17N. The second kappa shape index (κ2) is 3.20. The molecule has 1 rings (SSSR count). The SMILES string of the molecule is C=C(C)C1CCC(C)NC1. The third kappa shape index (κ3) is 1.84. The van der Waals surface area contributed by atoms with Crippen molar-refractivity contribution in [2.75, 3.05) is 6.54 Å². The lowest BCUT2D eigenvalue weighted by Gasteiger charge is -2.27. The molecule has 2 unspecified atom stereocenters. The Kier molecular flexibility index (Phi) is 2.50. The average molecular weight is 139 g/mol. The molecule has 1 N–H and O–H groups in total. The summed E-state index contributed by atoms with van der Waals surface area (Å²) in [6, 6.07) is 0.718. The van der Waals surface area contributed by atoms with Gasteiger partial charge in [0.15, 0.2) is 0 Å². The number of hydrogen-bond acceptors (Lipinski definition) is 1. The summed E-state index contributed by atoms with van der Waals surface area (Å²) < 4.78 is 0. The van der Waals surface area contributed by atoms with Crippen LogP contribution in [-0.2, 0) is 0 Å². The molecule has 0 aromatic carbocycles. The molecule has 0 radical (unpaired) electrons. The van der Waals surface area contributed by atoms with E-state index in [9.17, 15) is 0 Å². The monoisotopic (exact) mass is 139 g/mol. The minimum atomic E-state index is 0.718. The molecule has 0 aromatic rings. The maximum atomic E-state index is 3.96. The van der Waals surface area contributed by atoms with Crippen LogP contribution in [0.2, 0.25) is 0 Å². The van der Waals surface area contributed by atoms with Crippen molar-refractivity contribution in [2.45, 2.75) is 32.7 Å². The van der Waals surface area contributed by atoms with Crippen molar-refractivity contribution < 1.29 is 0 Å². The normalized spacial score (nSPS) is 33.8. The van der Waals surface area contributed by atoms with Gasteiger partial charge in [0.05, 0.1) is 0 Å². The summed E-state index contributed by atoms with van der Waals surface area (Å²) in [6.45, 7) is 9.47. The standard InChI is InChI=1S/C9H17N/c1-7(2)9-5-4-8(3)10-6-9/h8-10H,1,4-6H2,2-3H3. The molecule has 1 aliphatic heterocycles. The van der Waals surface area contributed by atoms with E-state index in [1.54, 1.807) is 0 Å². The molecule has 0 aromatic heterocycles. The van der Waals surface area contributed by atoms with Crippen LogP contribution in [0.1, 0.15) is 26.7 Å². The van der Waals surface area contributed by atoms with Crippen LogP contribution in [-0.4, -0.2) is 12.6 Å². The molecule has 1 heteroatoms. The molecule has 2 atom stereocenters. The molecule has 58 valence electrons. The Morgan fingerprint density at radius 3 is 2.60 bits per heavy atom. The van der Waals surface area contributed by atoms with E-state index in [2.05, 4.69) is 25.7 Å². The van der Waals surface area contributed by atoms with Gasteiger partial charge in [0.2, 0.25) is 0 Å². The lowest BCUT2D eigenvalue weighted by molar-refractivity contribution is 0.356. The Morgan fingerprint density at radius 1 is 1.50 bits per heavy atom. The van der Waals surface area contributed by atoms with Gasteiger partial charge in [-0.15, -0.1) is 0 Å². The van der Waals surface area contributed by atoms with Crippen molar-refractivity contribution in [1.29, 1.82) is 0 Å². The quantitative estimate of drug-likeness (QED) is 0.547. The largest absolute Gasteiger partial charge is 0.314 e. The molecule has 0 saturated carbocycles. The zero-order valence-electron chi connectivity index (χ0n) is 6.98. The van der Waals surface area contributed by atoms with Gasteiger partial charge in [0.25, 0.3) is 0 Å². The highest BCUT2D eigenvalue weighted by molar-refractivity contribution is 4.99. The summed E-state index contributed by atoms with van der Waals surface area (Å²) in [5, 5.41) is 3.45. The zero-order valence-corrected chi connectivity index (χ0v) is 6.98. The minimum Gasteiger partial charge on any atom is -0.314 e. The summed E-state index contributed by atoms with van der Waals surface area (Å²) in [7, 11) is 0. The highest BCUT2D eigenvalue weighted by Gasteiger charge is 2.16. The maximum Gasteiger partial charge on any atom is 0.00391 e. The van der Waals surface area contributed by atoms with Crippen molar-refractivity contribution in [1.82, 2.24) is 5.32 Å². The van der Waals surface area contributed by atoms with Crippen molar-refractivity contribution in [3.63, 3.8) is 0 Å². The summed E-state index contributed by atoms with van der Waals surface area (Å²) in [5.74, 6) is 0.733. The molecule has 10 heavy (non-hydrogen) atoms. The molecular weight excluding hydrogens is 122 g/mol. The van der Waals surface area contributed by atoms with E-state index in [1.807, 2.05) is 0 Å². The predicted octanol–water partition coefficient (Wildman–Crippen LogP) is 1.95. The first kappa shape index (κ1) is 7.80. The highest BCUT2D eigenvalue weighted by atomic mass is 14.9. The summed E-state index contributed by atoms with van der Waals surface area (Å²) in [5.41, 5.74) is 1.33. The van der Waals surface area contributed by atoms with Crippen molar-refractivity contribution in [2.24, 2.45) is 5.92 Å². The van der Waals surface area contributed by atoms with Crippen LogP contribution in [0.15, 0.2) is 12.2 Å². The van der Waals surface area contributed by atoms with E-state index in [-0.39, 0.29) is 0 Å². The van der Waals surface area contributed by atoms with Gasteiger partial charge in [-0.2, -0.15) is 0 Å². The fourth-order valence-corrected chi connectivity index (χ4v) is 1.42. The van der Waals surface area contributed by atoms with Gasteiger partial charge in [-0.3, -0.25) is 0 Å². The topological polar surface area (TPSA) is 12.0 Å². The Morgan fingerprint density at radius 2 is 2.20 bits per heavy atom. The predicted molar refractivity (Wildman–Crippen MR) is 45.0 cm³/mol. The van der Waals surface area contributed by atoms with Gasteiger partial charge in [-0.1, -0.05) is 12.2 Å². The molecule has 1 aliphatic rings. The first-order valence-corrected chi connectivity index (χ1v) is 4.09. The van der Waals surface area contributed by atoms with Crippen LogP contribution in [0.5, 0.6) is 0 Å². The average Bonchev–Trinajstić information content (AvgIpc) is 1.88. The second-order valence-electron chi connectivity index (χ2n) is 3.43. The molecule has 1 fully saturated rings. The minimum absolute atomic E-state index is 0.718. The molecule has 1 heterocycles. The van der Waals surface area contributed by atoms with Crippen LogP contribution in [0.3, 0.4) is 0 Å². The zero-order chi connectivity index (χ0) is 7.56.